The molecule has 1 atom stereocenters. The molecular weight excluding hydrogens is 456 g/mol. The number of aliphatic hydroxyl groups excluding tert-OH is 1. The highest BCUT2D eigenvalue weighted by Crippen LogP contribution is 2.43. The van der Waals surface area contributed by atoms with Gasteiger partial charge in [0.2, 0.25) is 0 Å². The highest BCUT2D eigenvalue weighted by atomic mass is 16.3. The second kappa shape index (κ2) is 14.2. The van der Waals surface area contributed by atoms with Crippen molar-refractivity contribution >= 4 is 5.76 Å². The third kappa shape index (κ3) is 7.59. The number of aryl methyl sites for hydroxylation is 1. The summed E-state index contributed by atoms with van der Waals surface area (Å²) in [6, 6.07) is 10.1. The zero-order valence-corrected chi connectivity index (χ0v) is 23.0. The fraction of sp³-hybridized carbons (Fsp3) is 0.562. The Morgan fingerprint density at radius 3 is 2.32 bits per heavy atom. The first-order valence-corrected chi connectivity index (χ1v) is 14.8. The molecule has 0 saturated heterocycles. The zero-order chi connectivity index (χ0) is 25.9. The first kappa shape index (κ1) is 27.2. The predicted octanol–water partition coefficient (Wildman–Crippen LogP) is 9.03. The van der Waals surface area contributed by atoms with Crippen LogP contribution in [0.4, 0.5) is 0 Å². The number of hydrogen-bond acceptors (Lipinski definition) is 3. The summed E-state index contributed by atoms with van der Waals surface area (Å²) >= 11 is 0. The zero-order valence-electron chi connectivity index (χ0n) is 23.0. The standard InChI is InChI=1S/C16H18N2O.C10H16N2.C6H12/c1-2-6-15(19)14-11-17-18(16(14)12-9-10-12)13-7-4-3-5-8-13;1-2-3-4-8-5-6-9-7-11-12-10(8)9;1-2-4-6-5-3-1/h3-8,11-12,19H,2,9-10H2,1H3;7-8H,2-6H2,1H3,(H,11,12);1-6H2/b15-6-;;. The number of aromatic nitrogens is 4. The number of nitrogens with zero attached hydrogens (tertiary/aromatic N) is 3. The molecular formula is C32H46N4O. The van der Waals surface area contributed by atoms with Gasteiger partial charge in [-0.1, -0.05) is 83.4 Å². The van der Waals surface area contributed by atoms with E-state index >= 15 is 0 Å². The molecule has 0 spiro atoms. The molecule has 1 unspecified atom stereocenters. The van der Waals surface area contributed by atoms with E-state index in [9.17, 15) is 5.11 Å². The molecule has 3 aromatic rings. The van der Waals surface area contributed by atoms with Gasteiger partial charge in [0.25, 0.3) is 0 Å². The van der Waals surface area contributed by atoms with Crippen LogP contribution in [0.15, 0.2) is 48.8 Å². The largest absolute Gasteiger partial charge is 0.508 e. The fourth-order valence-corrected chi connectivity index (χ4v) is 5.53. The van der Waals surface area contributed by atoms with Crippen molar-refractivity contribution in [2.45, 2.75) is 116 Å². The van der Waals surface area contributed by atoms with Crippen LogP contribution in [-0.4, -0.2) is 25.1 Å². The van der Waals surface area contributed by atoms with Gasteiger partial charge in [0.15, 0.2) is 0 Å². The Bertz CT molecular complexity index is 1080. The lowest BCUT2D eigenvalue weighted by atomic mass is 10.0. The number of rotatable bonds is 7. The topological polar surface area (TPSA) is 66.7 Å². The van der Waals surface area contributed by atoms with E-state index in [1.165, 1.54) is 94.7 Å². The molecule has 200 valence electrons. The first-order chi connectivity index (χ1) is 18.2. The molecule has 5 heteroatoms. The molecule has 2 aromatic heterocycles. The summed E-state index contributed by atoms with van der Waals surface area (Å²) in [5.41, 5.74) is 5.96. The molecule has 6 rings (SSSR count). The molecule has 1 aromatic carbocycles. The van der Waals surface area contributed by atoms with E-state index < -0.39 is 0 Å². The maximum absolute atomic E-state index is 10.1. The van der Waals surface area contributed by atoms with Crippen LogP contribution < -0.4 is 0 Å². The Kier molecular flexibility index (Phi) is 10.5. The Balaban J connectivity index is 0.000000150. The third-order valence-electron chi connectivity index (χ3n) is 7.77. The van der Waals surface area contributed by atoms with Gasteiger partial charge < -0.3 is 5.11 Å². The summed E-state index contributed by atoms with van der Waals surface area (Å²) in [5.74, 6) is 1.67. The normalized spacial score (nSPS) is 18.9. The van der Waals surface area contributed by atoms with Crippen LogP contribution in [0.3, 0.4) is 0 Å². The number of unbranched alkanes of at least 4 members (excludes halogenated alkanes) is 1. The van der Waals surface area contributed by atoms with Gasteiger partial charge in [-0.15, -0.1) is 0 Å². The molecule has 2 heterocycles. The number of hydrogen-bond donors (Lipinski definition) is 2. The van der Waals surface area contributed by atoms with Crippen LogP contribution in [-0.2, 0) is 6.42 Å². The second-order valence-corrected chi connectivity index (χ2v) is 10.8. The van der Waals surface area contributed by atoms with E-state index in [-0.39, 0.29) is 0 Å². The van der Waals surface area contributed by atoms with Crippen molar-refractivity contribution < 1.29 is 5.11 Å². The van der Waals surface area contributed by atoms with Crippen molar-refractivity contribution in [2.24, 2.45) is 0 Å². The maximum atomic E-state index is 10.1. The van der Waals surface area contributed by atoms with Gasteiger partial charge in [0, 0.05) is 17.5 Å². The summed E-state index contributed by atoms with van der Waals surface area (Å²) in [5, 5.41) is 21.8. The van der Waals surface area contributed by atoms with Crippen molar-refractivity contribution in [1.82, 2.24) is 20.0 Å². The van der Waals surface area contributed by atoms with Crippen LogP contribution in [0.25, 0.3) is 11.4 Å². The number of aromatic amines is 1. The average molecular weight is 503 g/mol. The quantitative estimate of drug-likeness (QED) is 0.317. The average Bonchev–Trinajstić information content (AvgIpc) is 3.34. The van der Waals surface area contributed by atoms with Gasteiger partial charge in [0.05, 0.1) is 29.3 Å². The molecule has 0 bridgehead atoms. The van der Waals surface area contributed by atoms with Crippen molar-refractivity contribution in [3.63, 3.8) is 0 Å². The SMILES string of the molecule is C1CCCCC1.CC/C=C(\O)c1cnn(-c2ccccc2)c1C1CC1.CCCCC1CCc2cn[nH]c21. The van der Waals surface area contributed by atoms with Gasteiger partial charge >= 0.3 is 0 Å². The van der Waals surface area contributed by atoms with Crippen LogP contribution in [0.2, 0.25) is 0 Å². The molecule has 3 aliphatic carbocycles. The minimum absolute atomic E-state index is 0.353. The Morgan fingerprint density at radius 2 is 1.70 bits per heavy atom. The smallest absolute Gasteiger partial charge is 0.122 e. The van der Waals surface area contributed by atoms with E-state index in [0.29, 0.717) is 11.7 Å². The Hall–Kier alpha value is -2.82. The number of benzene rings is 1. The molecule has 3 aliphatic rings. The summed E-state index contributed by atoms with van der Waals surface area (Å²) in [6.45, 7) is 4.28. The van der Waals surface area contributed by atoms with Crippen molar-refractivity contribution in [3.05, 3.63) is 71.3 Å². The number of para-hydroxylation sites is 1. The summed E-state index contributed by atoms with van der Waals surface area (Å²) in [7, 11) is 0. The van der Waals surface area contributed by atoms with E-state index in [4.69, 9.17) is 0 Å². The van der Waals surface area contributed by atoms with Crippen LogP contribution in [0, 0.1) is 0 Å². The first-order valence-electron chi connectivity index (χ1n) is 14.8. The van der Waals surface area contributed by atoms with Gasteiger partial charge in [-0.05, 0) is 62.3 Å². The lowest BCUT2D eigenvalue weighted by molar-refractivity contribution is 0.504. The Labute approximate surface area is 223 Å². The fourth-order valence-electron chi connectivity index (χ4n) is 5.53. The third-order valence-corrected chi connectivity index (χ3v) is 7.77. The number of H-pyrrole nitrogens is 1. The highest BCUT2D eigenvalue weighted by Gasteiger charge is 2.31. The molecule has 0 amide bonds. The van der Waals surface area contributed by atoms with E-state index in [0.717, 1.165) is 29.3 Å². The molecule has 37 heavy (non-hydrogen) atoms. The molecule has 0 radical (unpaired) electrons. The van der Waals surface area contributed by atoms with E-state index in [1.54, 1.807) is 6.20 Å². The number of allylic oxidation sites excluding steroid dienone is 1. The molecule has 2 N–H and O–H groups in total. The lowest BCUT2D eigenvalue weighted by Gasteiger charge is -2.08. The van der Waals surface area contributed by atoms with Gasteiger partial charge in [-0.3, -0.25) is 5.10 Å². The predicted molar refractivity (Wildman–Crippen MR) is 153 cm³/mol. The Morgan fingerprint density at radius 1 is 1.00 bits per heavy atom. The highest BCUT2D eigenvalue weighted by molar-refractivity contribution is 5.62. The molecule has 2 saturated carbocycles. The monoisotopic (exact) mass is 502 g/mol. The van der Waals surface area contributed by atoms with Crippen LogP contribution >= 0.6 is 0 Å². The van der Waals surface area contributed by atoms with Gasteiger partial charge in [-0.2, -0.15) is 10.2 Å². The lowest BCUT2D eigenvalue weighted by Crippen LogP contribution is -2.02. The second-order valence-electron chi connectivity index (χ2n) is 10.8. The summed E-state index contributed by atoms with van der Waals surface area (Å²) in [4.78, 5) is 0. The molecule has 2 fully saturated rings. The molecule has 5 nitrogen and oxygen atoms in total. The summed E-state index contributed by atoms with van der Waals surface area (Å²) in [6.07, 6.45) is 24.4. The minimum Gasteiger partial charge on any atom is -0.508 e. The van der Waals surface area contributed by atoms with Crippen LogP contribution in [0.1, 0.15) is 132 Å². The van der Waals surface area contributed by atoms with Crippen molar-refractivity contribution in [2.75, 3.05) is 0 Å². The maximum Gasteiger partial charge on any atom is 0.122 e. The van der Waals surface area contributed by atoms with E-state index in [1.807, 2.05) is 54.2 Å². The minimum atomic E-state index is 0.353. The van der Waals surface area contributed by atoms with E-state index in [2.05, 4.69) is 22.2 Å². The van der Waals surface area contributed by atoms with Gasteiger partial charge in [0.1, 0.15) is 5.76 Å². The van der Waals surface area contributed by atoms with Gasteiger partial charge in [-0.25, -0.2) is 4.68 Å². The number of aliphatic hydroxyl groups is 1. The number of fused-ring (bicyclic) bond motifs is 1. The van der Waals surface area contributed by atoms with Crippen LogP contribution in [0.5, 0.6) is 0 Å². The van der Waals surface area contributed by atoms with Crippen molar-refractivity contribution in [3.8, 4) is 5.69 Å². The van der Waals surface area contributed by atoms with Crippen molar-refractivity contribution in [1.29, 1.82) is 0 Å². The number of nitrogens with one attached hydrogen (secondary N) is 1. The molecule has 0 aliphatic heterocycles. The summed E-state index contributed by atoms with van der Waals surface area (Å²) < 4.78 is 1.96.